The Morgan fingerprint density at radius 1 is 1.06 bits per heavy atom. The number of benzene rings is 2. The Hall–Kier alpha value is -3.72. The fraction of sp³-hybridized carbons (Fsp3) is 0.208. The zero-order chi connectivity index (χ0) is 23.5. The first-order valence-corrected chi connectivity index (χ1v) is 11.5. The predicted molar refractivity (Wildman–Crippen MR) is 128 cm³/mol. The van der Waals surface area contributed by atoms with E-state index in [9.17, 15) is 9.59 Å². The van der Waals surface area contributed by atoms with Gasteiger partial charge in [0.1, 0.15) is 5.82 Å². The number of para-hydroxylation sites is 1. The van der Waals surface area contributed by atoms with E-state index < -0.39 is 18.0 Å². The number of pyridine rings is 1. The Morgan fingerprint density at radius 3 is 2.52 bits per heavy atom. The number of amides is 1. The van der Waals surface area contributed by atoms with Crippen molar-refractivity contribution in [2.24, 2.45) is 0 Å². The maximum Gasteiger partial charge on any atom is 0.338 e. The Balaban J connectivity index is 1.45. The van der Waals surface area contributed by atoms with E-state index in [1.54, 1.807) is 37.3 Å². The van der Waals surface area contributed by atoms with E-state index in [0.717, 1.165) is 33.3 Å². The largest absolute Gasteiger partial charge is 0.449 e. The number of thioether (sulfide) groups is 1. The minimum atomic E-state index is -0.979. The number of anilines is 1. The van der Waals surface area contributed by atoms with Gasteiger partial charge in [-0.15, -0.1) is 10.2 Å². The number of carbonyl (C=O) groups excluding carboxylic acids is 2. The topological polar surface area (TPSA) is 99.0 Å². The monoisotopic (exact) mass is 461 g/mol. The van der Waals surface area contributed by atoms with Gasteiger partial charge in [0.25, 0.3) is 5.91 Å². The number of rotatable bonds is 6. The molecule has 0 aliphatic heterocycles. The van der Waals surface area contributed by atoms with Crippen LogP contribution in [0.3, 0.4) is 0 Å². The molecule has 0 aliphatic carbocycles. The Bertz CT molecular complexity index is 1330. The average molecular weight is 462 g/mol. The van der Waals surface area contributed by atoms with E-state index in [2.05, 4.69) is 20.5 Å². The van der Waals surface area contributed by atoms with Crippen molar-refractivity contribution in [2.45, 2.75) is 32.0 Å². The maximum absolute atomic E-state index is 12.7. The van der Waals surface area contributed by atoms with Gasteiger partial charge in [0.15, 0.2) is 11.3 Å². The number of hydrogen-bond donors (Lipinski definition) is 1. The standard InChI is InChI=1S/C24H23N5O3S/c1-14-13-21(19-7-5-6-8-20(19)25-14)26-22(30)15(2)32-23(31)17-9-11-18(12-10-17)29-16(3)27-28-24(29)33-4/h5-13,15H,1-4H3,(H,25,26,30). The summed E-state index contributed by atoms with van der Waals surface area (Å²) in [5.41, 5.74) is 3.38. The van der Waals surface area contributed by atoms with Gasteiger partial charge in [-0.2, -0.15) is 0 Å². The quantitative estimate of drug-likeness (QED) is 0.337. The second-order valence-electron chi connectivity index (χ2n) is 7.48. The molecule has 2 aromatic carbocycles. The number of aryl methyl sites for hydroxylation is 2. The van der Waals surface area contributed by atoms with Gasteiger partial charge in [-0.1, -0.05) is 30.0 Å². The molecule has 0 saturated carbocycles. The van der Waals surface area contributed by atoms with Gasteiger partial charge in [-0.25, -0.2) is 4.79 Å². The molecule has 1 atom stereocenters. The summed E-state index contributed by atoms with van der Waals surface area (Å²) < 4.78 is 7.31. The Morgan fingerprint density at radius 2 is 1.79 bits per heavy atom. The van der Waals surface area contributed by atoms with Crippen molar-refractivity contribution in [1.82, 2.24) is 19.7 Å². The number of fused-ring (bicyclic) bond motifs is 1. The number of esters is 1. The van der Waals surface area contributed by atoms with Crippen molar-refractivity contribution < 1.29 is 14.3 Å². The van der Waals surface area contributed by atoms with Gasteiger partial charge in [-0.05, 0) is 63.4 Å². The van der Waals surface area contributed by atoms with Crippen molar-refractivity contribution >= 4 is 40.2 Å². The second kappa shape index (κ2) is 9.41. The minimum absolute atomic E-state index is 0.347. The molecular formula is C24H23N5O3S. The fourth-order valence-corrected chi connectivity index (χ4v) is 3.99. The molecule has 9 heteroatoms. The first kappa shape index (κ1) is 22.5. The second-order valence-corrected chi connectivity index (χ2v) is 8.25. The molecule has 1 N–H and O–H groups in total. The molecule has 4 rings (SSSR count). The number of ether oxygens (including phenoxy) is 1. The molecule has 0 fully saturated rings. The average Bonchev–Trinajstić information content (AvgIpc) is 3.19. The first-order chi connectivity index (χ1) is 15.9. The molecule has 4 aromatic rings. The number of carbonyl (C=O) groups is 2. The lowest BCUT2D eigenvalue weighted by molar-refractivity contribution is -0.123. The summed E-state index contributed by atoms with van der Waals surface area (Å²) in [6.07, 6.45) is 0.946. The maximum atomic E-state index is 12.7. The first-order valence-electron chi connectivity index (χ1n) is 10.3. The molecule has 0 aliphatic rings. The van der Waals surface area contributed by atoms with Gasteiger partial charge in [-0.3, -0.25) is 14.3 Å². The van der Waals surface area contributed by atoms with E-state index in [4.69, 9.17) is 4.74 Å². The van der Waals surface area contributed by atoms with Crippen molar-refractivity contribution in [3.63, 3.8) is 0 Å². The van der Waals surface area contributed by atoms with Gasteiger partial charge in [0, 0.05) is 16.8 Å². The van der Waals surface area contributed by atoms with Crippen LogP contribution in [0.4, 0.5) is 5.69 Å². The Labute approximate surface area is 195 Å². The normalized spacial score (nSPS) is 11.9. The summed E-state index contributed by atoms with van der Waals surface area (Å²) in [6.45, 7) is 5.27. The molecule has 1 unspecified atom stereocenters. The van der Waals surface area contributed by atoms with E-state index in [1.165, 1.54) is 11.8 Å². The third-order valence-electron chi connectivity index (χ3n) is 5.09. The summed E-state index contributed by atoms with van der Waals surface area (Å²) in [5, 5.41) is 12.6. The van der Waals surface area contributed by atoms with E-state index in [0.29, 0.717) is 11.3 Å². The van der Waals surface area contributed by atoms with E-state index >= 15 is 0 Å². The third kappa shape index (κ3) is 4.73. The summed E-state index contributed by atoms with van der Waals surface area (Å²) in [5.74, 6) is -0.246. The van der Waals surface area contributed by atoms with Crippen LogP contribution in [0.15, 0.2) is 59.8 Å². The van der Waals surface area contributed by atoms with Gasteiger partial charge >= 0.3 is 5.97 Å². The highest BCUT2D eigenvalue weighted by atomic mass is 32.2. The summed E-state index contributed by atoms with van der Waals surface area (Å²) in [4.78, 5) is 29.8. The van der Waals surface area contributed by atoms with Crippen molar-refractivity contribution in [3.05, 3.63) is 71.7 Å². The lowest BCUT2D eigenvalue weighted by atomic mass is 10.1. The van der Waals surface area contributed by atoms with Crippen LogP contribution in [0.25, 0.3) is 16.6 Å². The summed E-state index contributed by atoms with van der Waals surface area (Å²) in [6, 6.07) is 16.2. The molecule has 0 radical (unpaired) electrons. The van der Waals surface area contributed by atoms with Gasteiger partial charge in [0.05, 0.1) is 16.8 Å². The van der Waals surface area contributed by atoms with Gasteiger partial charge in [0.2, 0.25) is 0 Å². The van der Waals surface area contributed by atoms with Gasteiger partial charge < -0.3 is 10.1 Å². The number of nitrogens with zero attached hydrogens (tertiary/aromatic N) is 4. The number of aromatic nitrogens is 4. The smallest absolute Gasteiger partial charge is 0.338 e. The molecular weight excluding hydrogens is 438 g/mol. The lowest BCUT2D eigenvalue weighted by Crippen LogP contribution is -2.30. The van der Waals surface area contributed by atoms with Crippen LogP contribution in [-0.2, 0) is 9.53 Å². The van der Waals surface area contributed by atoms with Crippen molar-refractivity contribution in [3.8, 4) is 5.69 Å². The third-order valence-corrected chi connectivity index (χ3v) is 5.72. The number of hydrogen-bond acceptors (Lipinski definition) is 7. The zero-order valence-corrected chi connectivity index (χ0v) is 19.5. The highest BCUT2D eigenvalue weighted by Crippen LogP contribution is 2.24. The van der Waals surface area contributed by atoms with Crippen LogP contribution < -0.4 is 5.32 Å². The van der Waals surface area contributed by atoms with E-state index in [1.807, 2.05) is 48.9 Å². The summed E-state index contributed by atoms with van der Waals surface area (Å²) >= 11 is 1.48. The zero-order valence-electron chi connectivity index (χ0n) is 18.7. The van der Waals surface area contributed by atoms with Crippen LogP contribution >= 0.6 is 11.8 Å². The Kier molecular flexibility index (Phi) is 6.41. The van der Waals surface area contributed by atoms with Crippen molar-refractivity contribution in [1.29, 1.82) is 0 Å². The highest BCUT2D eigenvalue weighted by molar-refractivity contribution is 7.98. The molecule has 0 spiro atoms. The van der Waals surface area contributed by atoms with Crippen LogP contribution in [0.5, 0.6) is 0 Å². The fourth-order valence-electron chi connectivity index (χ4n) is 3.45. The van der Waals surface area contributed by atoms with Crippen LogP contribution in [0.2, 0.25) is 0 Å². The molecule has 2 heterocycles. The SMILES string of the molecule is CSc1nnc(C)n1-c1ccc(C(=O)OC(C)C(=O)Nc2cc(C)nc3ccccc23)cc1. The van der Waals surface area contributed by atoms with Crippen LogP contribution in [-0.4, -0.2) is 44.0 Å². The highest BCUT2D eigenvalue weighted by Gasteiger charge is 2.20. The molecule has 168 valence electrons. The summed E-state index contributed by atoms with van der Waals surface area (Å²) in [7, 11) is 0. The van der Waals surface area contributed by atoms with E-state index in [-0.39, 0.29) is 0 Å². The van der Waals surface area contributed by atoms with Crippen molar-refractivity contribution in [2.75, 3.05) is 11.6 Å². The molecule has 2 aromatic heterocycles. The predicted octanol–water partition coefficient (Wildman–Crippen LogP) is 4.34. The molecule has 33 heavy (non-hydrogen) atoms. The van der Waals surface area contributed by atoms with Crippen LogP contribution in [0, 0.1) is 13.8 Å². The molecule has 0 bridgehead atoms. The number of nitrogens with one attached hydrogen (secondary N) is 1. The molecule has 8 nitrogen and oxygen atoms in total. The van der Waals surface area contributed by atoms with Crippen LogP contribution in [0.1, 0.15) is 28.8 Å². The lowest BCUT2D eigenvalue weighted by Gasteiger charge is -2.15. The molecule has 0 saturated heterocycles. The molecule has 1 amide bonds. The minimum Gasteiger partial charge on any atom is -0.449 e.